The molecule has 4 atom stereocenters. The Bertz CT molecular complexity index is 929. The first-order chi connectivity index (χ1) is 18.3. The molecule has 2 fully saturated rings. The summed E-state index contributed by atoms with van der Waals surface area (Å²) in [5, 5.41) is 0. The van der Waals surface area contributed by atoms with E-state index in [4.69, 9.17) is 0 Å². The Balaban J connectivity index is 2.26. The van der Waals surface area contributed by atoms with E-state index in [1.54, 1.807) is 0 Å². The molecule has 2 rings (SSSR count). The summed E-state index contributed by atoms with van der Waals surface area (Å²) in [6.07, 6.45) is -42.6. The van der Waals surface area contributed by atoms with Crippen molar-refractivity contribution in [1.82, 2.24) is 0 Å². The summed E-state index contributed by atoms with van der Waals surface area (Å²) in [7, 11) is 0. The number of halogens is 20. The highest BCUT2D eigenvalue weighted by atomic mass is 19.4. The summed E-state index contributed by atoms with van der Waals surface area (Å²) in [5.41, 5.74) is -13.1. The molecule has 42 heavy (non-hydrogen) atoms. The molecule has 0 aromatic rings. The monoisotopic (exact) mass is 674 g/mol. The van der Waals surface area contributed by atoms with Crippen LogP contribution in [0.25, 0.3) is 0 Å². The van der Waals surface area contributed by atoms with Gasteiger partial charge in [-0.2, -0.15) is 74.6 Å². The first-order valence-corrected chi connectivity index (χ1v) is 10.7. The molecule has 0 saturated carbocycles. The van der Waals surface area contributed by atoms with Gasteiger partial charge < -0.3 is 18.9 Å². The van der Waals surface area contributed by atoms with Gasteiger partial charge in [0, 0.05) is 19.3 Å². The molecule has 0 aromatic carbocycles. The maximum atomic E-state index is 14.5. The number of hydrogen-bond donors (Lipinski definition) is 0. The first-order valence-electron chi connectivity index (χ1n) is 10.7. The number of hydrogen-bond acceptors (Lipinski definition) is 4. The normalized spacial score (nSPS) is 29.4. The van der Waals surface area contributed by atoms with Gasteiger partial charge in [-0.15, -0.1) is 0 Å². The summed E-state index contributed by atoms with van der Waals surface area (Å²) in [6, 6.07) is -4.54. The zero-order chi connectivity index (χ0) is 33.2. The number of alkyl halides is 20. The van der Waals surface area contributed by atoms with Crippen LogP contribution < -0.4 is 0 Å². The molecule has 250 valence electrons. The Morgan fingerprint density at radius 3 is 1.36 bits per heavy atom. The molecule has 0 radical (unpaired) electrons. The van der Waals surface area contributed by atoms with Gasteiger partial charge in [0.05, 0.1) is 0 Å². The van der Waals surface area contributed by atoms with E-state index in [2.05, 4.69) is 18.9 Å². The largest absolute Gasteiger partial charge is 0.437 e. The molecular formula is C18H14F20O4. The van der Waals surface area contributed by atoms with Gasteiger partial charge >= 0.3 is 53.9 Å². The maximum Gasteiger partial charge on any atom is 0.437 e. The Morgan fingerprint density at radius 1 is 0.571 bits per heavy atom. The van der Waals surface area contributed by atoms with E-state index >= 15 is 0 Å². The molecule has 24 heteroatoms. The second-order valence-electron chi connectivity index (χ2n) is 8.97. The van der Waals surface area contributed by atoms with Crippen molar-refractivity contribution in [3.63, 3.8) is 0 Å². The summed E-state index contributed by atoms with van der Waals surface area (Å²) < 4.78 is 282. The first kappa shape index (κ1) is 36.6. The van der Waals surface area contributed by atoms with Crippen LogP contribution in [0.15, 0.2) is 0 Å². The molecule has 2 saturated heterocycles. The van der Waals surface area contributed by atoms with E-state index in [9.17, 15) is 87.8 Å². The highest BCUT2D eigenvalue weighted by Crippen LogP contribution is 2.59. The van der Waals surface area contributed by atoms with Crippen molar-refractivity contribution in [2.45, 2.75) is 97.9 Å². The maximum absolute atomic E-state index is 14.5. The third kappa shape index (κ3) is 6.04. The van der Waals surface area contributed by atoms with Crippen LogP contribution in [0.4, 0.5) is 87.8 Å². The molecule has 0 aliphatic carbocycles. The zero-order valence-electron chi connectivity index (χ0n) is 19.6. The second kappa shape index (κ2) is 10.5. The van der Waals surface area contributed by atoms with Gasteiger partial charge in [0.15, 0.2) is 0 Å². The molecule has 2 aliphatic heterocycles. The van der Waals surface area contributed by atoms with E-state index in [1.807, 2.05) is 0 Å². The van der Waals surface area contributed by atoms with Crippen LogP contribution in [0.5, 0.6) is 0 Å². The summed E-state index contributed by atoms with van der Waals surface area (Å²) >= 11 is 0. The van der Waals surface area contributed by atoms with E-state index in [-0.39, 0.29) is 0 Å². The molecule has 0 spiro atoms. The van der Waals surface area contributed by atoms with Crippen molar-refractivity contribution < 1.29 is 107 Å². The minimum atomic E-state index is -7.15. The smallest absolute Gasteiger partial charge is 0.340 e. The Hall–Kier alpha value is -1.56. The second-order valence-corrected chi connectivity index (χ2v) is 8.97. The topological polar surface area (TPSA) is 36.9 Å². The molecule has 0 amide bonds. The van der Waals surface area contributed by atoms with Crippen molar-refractivity contribution in [2.24, 2.45) is 0 Å². The number of ether oxygens (including phenoxy) is 4. The summed E-state index contributed by atoms with van der Waals surface area (Å²) in [5.74, 6) is -17.2. The molecule has 0 bridgehead atoms. The fourth-order valence-electron chi connectivity index (χ4n) is 3.84. The predicted octanol–water partition coefficient (Wildman–Crippen LogP) is 7.56. The Kier molecular flexibility index (Phi) is 9.17. The lowest BCUT2D eigenvalue weighted by atomic mass is 9.90. The van der Waals surface area contributed by atoms with Crippen LogP contribution >= 0.6 is 0 Å². The molecule has 4 nitrogen and oxygen atoms in total. The highest BCUT2D eigenvalue weighted by molar-refractivity contribution is 5.09. The molecule has 4 unspecified atom stereocenters. The molecule has 0 aromatic heterocycles. The van der Waals surface area contributed by atoms with Crippen LogP contribution in [-0.2, 0) is 18.9 Å². The zero-order valence-corrected chi connectivity index (χ0v) is 19.6. The molecule has 2 aliphatic rings. The molecule has 0 N–H and O–H groups in total. The van der Waals surface area contributed by atoms with Crippen LogP contribution in [0.3, 0.4) is 0 Å². The SMILES string of the molecule is FC1CCC(OCC(F)(F)C(F)(F)COC2(F)CCC(C(F)(C(F)(F)F)C(F)(F)F)O2)(C(F)(C(F)(F)F)C(F)(F)F)O1. The summed E-state index contributed by atoms with van der Waals surface area (Å²) in [6.45, 7) is -6.52. The van der Waals surface area contributed by atoms with E-state index in [1.165, 1.54) is 0 Å². The average Bonchev–Trinajstić information content (AvgIpc) is 3.36. The molecule has 2 heterocycles. The third-order valence-corrected chi connectivity index (χ3v) is 6.11. The van der Waals surface area contributed by atoms with Gasteiger partial charge in [0.25, 0.3) is 0 Å². The van der Waals surface area contributed by atoms with Gasteiger partial charge in [-0.05, 0) is 6.42 Å². The van der Waals surface area contributed by atoms with Gasteiger partial charge in [-0.3, -0.25) is 0 Å². The van der Waals surface area contributed by atoms with Gasteiger partial charge in [-0.1, -0.05) is 0 Å². The summed E-state index contributed by atoms with van der Waals surface area (Å²) in [4.78, 5) is 0. The van der Waals surface area contributed by atoms with Crippen LogP contribution in [0, 0.1) is 0 Å². The van der Waals surface area contributed by atoms with E-state index < -0.39 is 111 Å². The van der Waals surface area contributed by atoms with Crippen LogP contribution in [0.1, 0.15) is 25.7 Å². The van der Waals surface area contributed by atoms with Gasteiger partial charge in [0.1, 0.15) is 19.3 Å². The van der Waals surface area contributed by atoms with Gasteiger partial charge in [0.2, 0.25) is 12.1 Å². The minimum Gasteiger partial charge on any atom is -0.340 e. The standard InChI is InChI=1S/C18H14F20O4/c19-8-2-3-11(42-8,14(26,17(33,34)35)18(36,37)38)39-5-9(20,21)10(22,23)6-40-12(24)4-1-7(41-12)13(25,15(27,28)29)16(30,31)32/h7-8H,1-6H2. The van der Waals surface area contributed by atoms with Gasteiger partial charge in [-0.25, -0.2) is 13.2 Å². The van der Waals surface area contributed by atoms with E-state index in [0.29, 0.717) is 0 Å². The third-order valence-electron chi connectivity index (χ3n) is 6.11. The Labute approximate surface area is 219 Å². The van der Waals surface area contributed by atoms with Crippen molar-refractivity contribution in [2.75, 3.05) is 13.2 Å². The van der Waals surface area contributed by atoms with Crippen LogP contribution in [-0.4, -0.2) is 85.4 Å². The average molecular weight is 674 g/mol. The van der Waals surface area contributed by atoms with E-state index in [0.717, 1.165) is 0 Å². The minimum absolute atomic E-state index is 1.56. The lowest BCUT2D eigenvalue weighted by Crippen LogP contribution is -2.69. The lowest BCUT2D eigenvalue weighted by Gasteiger charge is -2.43. The number of rotatable bonds is 9. The van der Waals surface area contributed by atoms with Crippen LogP contribution in [0.2, 0.25) is 0 Å². The van der Waals surface area contributed by atoms with Crippen molar-refractivity contribution >= 4 is 0 Å². The van der Waals surface area contributed by atoms with Crippen molar-refractivity contribution in [1.29, 1.82) is 0 Å². The quantitative estimate of drug-likeness (QED) is 0.237. The Morgan fingerprint density at radius 2 is 1.00 bits per heavy atom. The predicted molar refractivity (Wildman–Crippen MR) is 89.6 cm³/mol. The highest BCUT2D eigenvalue weighted by Gasteiger charge is 2.85. The fraction of sp³-hybridized carbons (Fsp3) is 1.00. The lowest BCUT2D eigenvalue weighted by molar-refractivity contribution is -0.447. The van der Waals surface area contributed by atoms with Crippen molar-refractivity contribution in [3.05, 3.63) is 0 Å². The fourth-order valence-corrected chi connectivity index (χ4v) is 3.84. The van der Waals surface area contributed by atoms with Crippen molar-refractivity contribution in [3.8, 4) is 0 Å². The molecular weight excluding hydrogens is 660 g/mol.